The van der Waals surface area contributed by atoms with Gasteiger partial charge in [-0.25, -0.2) is 0 Å². The average Bonchev–Trinajstić information content (AvgIpc) is 2.53. The van der Waals surface area contributed by atoms with Gasteiger partial charge in [-0.1, -0.05) is 43.7 Å². The first-order valence-electron chi connectivity index (χ1n) is 6.10. The molecule has 0 aromatic carbocycles. The van der Waals surface area contributed by atoms with E-state index in [1.807, 2.05) is 6.92 Å². The van der Waals surface area contributed by atoms with E-state index >= 15 is 0 Å². The fourth-order valence-electron chi connectivity index (χ4n) is 3.48. The summed E-state index contributed by atoms with van der Waals surface area (Å²) in [6.45, 7) is 1.98. The van der Waals surface area contributed by atoms with Crippen LogP contribution in [0.25, 0.3) is 0 Å². The molecule has 4 radical (unpaired) electrons. The van der Waals surface area contributed by atoms with Crippen molar-refractivity contribution in [2.24, 2.45) is 11.3 Å². The van der Waals surface area contributed by atoms with Gasteiger partial charge in [-0.15, -0.1) is 0 Å². The molecule has 0 aromatic heterocycles. The molecule has 1 spiro atoms. The Morgan fingerprint density at radius 2 is 1.50 bits per heavy atom. The zero-order valence-corrected chi connectivity index (χ0v) is 9.39. The minimum Gasteiger partial charge on any atom is -0.0990 e. The second-order valence-corrected chi connectivity index (χ2v) is 5.85. The minimum atomic E-state index is -0.444. The normalized spacial score (nSPS) is 28.4. The van der Waals surface area contributed by atoms with Gasteiger partial charge in [0.05, 0.1) is 15.7 Å². The van der Waals surface area contributed by atoms with Crippen molar-refractivity contribution in [1.29, 1.82) is 0 Å². The highest BCUT2D eigenvalue weighted by molar-refractivity contribution is 6.39. The molecular formula is C12H20B2. The summed E-state index contributed by atoms with van der Waals surface area (Å²) in [6, 6.07) is 0. The van der Waals surface area contributed by atoms with Crippen molar-refractivity contribution in [2.75, 3.05) is 0 Å². The zero-order chi connectivity index (χ0) is 10.2. The van der Waals surface area contributed by atoms with Gasteiger partial charge in [-0.3, -0.25) is 0 Å². The highest BCUT2D eigenvalue weighted by atomic mass is 14.4. The molecule has 0 bridgehead atoms. The maximum absolute atomic E-state index is 5.98. The van der Waals surface area contributed by atoms with Crippen LogP contribution in [0.15, 0.2) is 0 Å². The molecule has 0 N–H and O–H groups in total. The fourth-order valence-corrected chi connectivity index (χ4v) is 3.48. The van der Waals surface area contributed by atoms with E-state index in [1.165, 1.54) is 51.4 Å². The van der Waals surface area contributed by atoms with Gasteiger partial charge in [0.1, 0.15) is 0 Å². The number of hydrogen-bond acceptors (Lipinski definition) is 0. The topological polar surface area (TPSA) is 0 Å². The fraction of sp³-hybridized carbons (Fsp3) is 1.00. The van der Waals surface area contributed by atoms with Crippen molar-refractivity contribution in [3.05, 3.63) is 0 Å². The Kier molecular flexibility index (Phi) is 2.74. The zero-order valence-electron chi connectivity index (χ0n) is 9.39. The molecule has 0 atom stereocenters. The summed E-state index contributed by atoms with van der Waals surface area (Å²) in [6.07, 6.45) is 11.1. The minimum absolute atomic E-state index is 0.444. The van der Waals surface area contributed by atoms with Gasteiger partial charge in [0.15, 0.2) is 0 Å². The van der Waals surface area contributed by atoms with Crippen molar-refractivity contribution in [3.63, 3.8) is 0 Å². The second-order valence-electron chi connectivity index (χ2n) is 5.85. The van der Waals surface area contributed by atoms with Crippen molar-refractivity contribution < 1.29 is 0 Å². The Morgan fingerprint density at radius 3 is 1.93 bits per heavy atom. The van der Waals surface area contributed by atoms with Crippen molar-refractivity contribution in [1.82, 2.24) is 0 Å². The van der Waals surface area contributed by atoms with Crippen LogP contribution in [0.1, 0.15) is 58.3 Å². The Labute approximate surface area is 91.0 Å². The standard InChI is InChI=1S/C12H20B2/c1-11(13,14)10-4-8-12(9-5-10)6-2-3-7-12/h10H,2-9H2,1H3. The van der Waals surface area contributed by atoms with E-state index in [2.05, 4.69) is 0 Å². The number of rotatable bonds is 1. The molecule has 2 aliphatic carbocycles. The molecule has 2 heteroatoms. The molecule has 74 valence electrons. The molecule has 0 amide bonds. The van der Waals surface area contributed by atoms with Crippen LogP contribution in [0.3, 0.4) is 0 Å². The van der Waals surface area contributed by atoms with E-state index < -0.39 is 5.21 Å². The SMILES string of the molecule is [B]C([B])(C)C1CCC2(CCCC2)CC1. The van der Waals surface area contributed by atoms with Crippen molar-refractivity contribution >= 4 is 15.7 Å². The summed E-state index contributed by atoms with van der Waals surface area (Å²) in [5, 5.41) is -0.444. The van der Waals surface area contributed by atoms with Gasteiger partial charge in [0, 0.05) is 0 Å². The van der Waals surface area contributed by atoms with Crippen LogP contribution in [0.4, 0.5) is 0 Å². The van der Waals surface area contributed by atoms with E-state index in [-0.39, 0.29) is 0 Å². The quantitative estimate of drug-likeness (QED) is 0.551. The number of hydrogen-bond donors (Lipinski definition) is 0. The van der Waals surface area contributed by atoms with Gasteiger partial charge >= 0.3 is 0 Å². The molecule has 0 nitrogen and oxygen atoms in total. The lowest BCUT2D eigenvalue weighted by Crippen LogP contribution is -2.31. The van der Waals surface area contributed by atoms with E-state index in [1.54, 1.807) is 0 Å². The molecule has 0 saturated heterocycles. The lowest BCUT2D eigenvalue weighted by molar-refractivity contribution is 0.147. The third-order valence-corrected chi connectivity index (χ3v) is 4.59. The van der Waals surface area contributed by atoms with Gasteiger partial charge < -0.3 is 0 Å². The van der Waals surface area contributed by atoms with E-state index in [0.717, 1.165) is 0 Å². The molecule has 2 saturated carbocycles. The van der Waals surface area contributed by atoms with Gasteiger partial charge in [0.25, 0.3) is 0 Å². The molecule has 2 rings (SSSR count). The van der Waals surface area contributed by atoms with E-state index in [9.17, 15) is 0 Å². The monoisotopic (exact) mass is 186 g/mol. The lowest BCUT2D eigenvalue weighted by atomic mass is 9.46. The first-order chi connectivity index (χ1) is 6.52. The largest absolute Gasteiger partial charge is 0.0990 e. The molecule has 14 heavy (non-hydrogen) atoms. The predicted octanol–water partition coefficient (Wildman–Crippen LogP) is 3.21. The summed E-state index contributed by atoms with van der Waals surface area (Å²) in [4.78, 5) is 0. The lowest BCUT2D eigenvalue weighted by Gasteiger charge is -2.43. The maximum Gasteiger partial charge on any atom is 0.0620 e. The molecule has 0 aliphatic heterocycles. The van der Waals surface area contributed by atoms with Crippen LogP contribution < -0.4 is 0 Å². The third kappa shape index (κ3) is 2.04. The average molecular weight is 186 g/mol. The summed E-state index contributed by atoms with van der Waals surface area (Å²) in [5.74, 6) is 0.550. The highest BCUT2D eigenvalue weighted by Gasteiger charge is 2.39. The molecule has 0 aromatic rings. The second kappa shape index (κ2) is 3.61. The van der Waals surface area contributed by atoms with Crippen LogP contribution >= 0.6 is 0 Å². The Bertz CT molecular complexity index is 189. The first-order valence-corrected chi connectivity index (χ1v) is 6.10. The predicted molar refractivity (Wildman–Crippen MR) is 62.7 cm³/mol. The van der Waals surface area contributed by atoms with Crippen LogP contribution in [0.5, 0.6) is 0 Å². The van der Waals surface area contributed by atoms with Crippen LogP contribution in [0.2, 0.25) is 5.21 Å². The third-order valence-electron chi connectivity index (χ3n) is 4.59. The van der Waals surface area contributed by atoms with Crippen LogP contribution in [-0.4, -0.2) is 15.7 Å². The molecule has 0 heterocycles. The van der Waals surface area contributed by atoms with Gasteiger partial charge in [-0.05, 0) is 31.1 Å². The summed E-state index contributed by atoms with van der Waals surface area (Å²) < 4.78 is 0. The maximum atomic E-state index is 5.98. The first kappa shape index (κ1) is 10.6. The van der Waals surface area contributed by atoms with E-state index in [4.69, 9.17) is 15.7 Å². The van der Waals surface area contributed by atoms with Crippen LogP contribution in [0, 0.1) is 11.3 Å². The molecular weight excluding hydrogens is 166 g/mol. The summed E-state index contributed by atoms with van der Waals surface area (Å²) in [7, 11) is 12.0. The Morgan fingerprint density at radius 1 is 1.00 bits per heavy atom. The van der Waals surface area contributed by atoms with E-state index in [0.29, 0.717) is 11.3 Å². The van der Waals surface area contributed by atoms with Gasteiger partial charge in [-0.2, -0.15) is 0 Å². The van der Waals surface area contributed by atoms with Gasteiger partial charge in [0.2, 0.25) is 0 Å². The van der Waals surface area contributed by atoms with Crippen molar-refractivity contribution in [3.8, 4) is 0 Å². The molecule has 2 fully saturated rings. The Balaban J connectivity index is 1.92. The van der Waals surface area contributed by atoms with Crippen molar-refractivity contribution in [2.45, 2.75) is 63.5 Å². The van der Waals surface area contributed by atoms with Crippen LogP contribution in [-0.2, 0) is 0 Å². The summed E-state index contributed by atoms with van der Waals surface area (Å²) in [5.41, 5.74) is 0.710. The Hall–Kier alpha value is 0.130. The molecule has 2 aliphatic rings. The smallest absolute Gasteiger partial charge is 0.0620 e. The summed E-state index contributed by atoms with van der Waals surface area (Å²) >= 11 is 0. The highest BCUT2D eigenvalue weighted by Crippen LogP contribution is 2.53. The molecule has 0 unspecified atom stereocenters.